The van der Waals surface area contributed by atoms with E-state index in [1.165, 1.54) is 14.0 Å². The van der Waals surface area contributed by atoms with Crippen molar-refractivity contribution in [2.75, 3.05) is 20.3 Å². The number of nitrogens with one attached hydrogen (secondary N) is 1. The van der Waals surface area contributed by atoms with Crippen LogP contribution in [0.1, 0.15) is 34.1 Å². The SMILES string of the molecule is COCCNC(=O)[C@@H](C)OC(=O)c1c(C)nn(Cc2ccc(C)cc2)c1Cl. The van der Waals surface area contributed by atoms with Gasteiger partial charge in [0.05, 0.1) is 18.8 Å². The van der Waals surface area contributed by atoms with E-state index < -0.39 is 18.0 Å². The second-order valence-electron chi connectivity index (χ2n) is 6.23. The number of methoxy groups -OCH3 is 1. The predicted molar refractivity (Wildman–Crippen MR) is 102 cm³/mol. The van der Waals surface area contributed by atoms with E-state index in [0.717, 1.165) is 11.1 Å². The Labute approximate surface area is 163 Å². The topological polar surface area (TPSA) is 82.4 Å². The fourth-order valence-electron chi connectivity index (χ4n) is 2.45. The van der Waals surface area contributed by atoms with Gasteiger partial charge in [0.2, 0.25) is 0 Å². The van der Waals surface area contributed by atoms with Crippen molar-refractivity contribution in [2.24, 2.45) is 0 Å². The summed E-state index contributed by atoms with van der Waals surface area (Å²) >= 11 is 6.35. The summed E-state index contributed by atoms with van der Waals surface area (Å²) in [5.74, 6) is -1.08. The van der Waals surface area contributed by atoms with Crippen molar-refractivity contribution in [3.63, 3.8) is 0 Å². The summed E-state index contributed by atoms with van der Waals surface area (Å²) < 4.78 is 11.6. The molecule has 7 nitrogen and oxygen atoms in total. The first kappa shape index (κ1) is 20.9. The Morgan fingerprint density at radius 2 is 1.93 bits per heavy atom. The van der Waals surface area contributed by atoms with Crippen LogP contribution < -0.4 is 5.32 Å². The minimum Gasteiger partial charge on any atom is -0.449 e. The number of nitrogens with zero attached hydrogens (tertiary/aromatic N) is 2. The number of carbonyl (C=O) groups excluding carboxylic acids is 2. The summed E-state index contributed by atoms with van der Waals surface area (Å²) in [6.45, 7) is 6.34. The van der Waals surface area contributed by atoms with Crippen LogP contribution >= 0.6 is 11.6 Å². The van der Waals surface area contributed by atoms with Crippen LogP contribution in [0.25, 0.3) is 0 Å². The standard InChI is InChI=1S/C19H24ClN3O4/c1-12-5-7-15(8-6-12)11-23-17(20)16(13(2)22-23)19(25)27-14(3)18(24)21-9-10-26-4/h5-8,14H,9-11H2,1-4H3,(H,21,24)/t14-/m1/s1. The molecule has 0 aliphatic heterocycles. The largest absolute Gasteiger partial charge is 0.449 e. The van der Waals surface area contributed by atoms with Gasteiger partial charge >= 0.3 is 5.97 Å². The van der Waals surface area contributed by atoms with Gasteiger partial charge in [-0.2, -0.15) is 5.10 Å². The van der Waals surface area contributed by atoms with E-state index in [1.54, 1.807) is 11.6 Å². The first-order valence-electron chi connectivity index (χ1n) is 8.59. The lowest BCUT2D eigenvalue weighted by Gasteiger charge is -2.13. The van der Waals surface area contributed by atoms with Crippen LogP contribution in [0.3, 0.4) is 0 Å². The first-order valence-corrected chi connectivity index (χ1v) is 8.97. The normalized spacial score (nSPS) is 11.9. The highest BCUT2D eigenvalue weighted by Gasteiger charge is 2.25. The summed E-state index contributed by atoms with van der Waals surface area (Å²) in [5.41, 5.74) is 2.78. The number of aromatic nitrogens is 2. The third kappa shape index (κ3) is 5.55. The molecule has 0 spiro atoms. The number of ether oxygens (including phenoxy) is 2. The number of esters is 1. The molecule has 1 heterocycles. The van der Waals surface area contributed by atoms with Crippen LogP contribution in [-0.4, -0.2) is 48.0 Å². The van der Waals surface area contributed by atoms with E-state index in [9.17, 15) is 9.59 Å². The molecule has 0 bridgehead atoms. The van der Waals surface area contributed by atoms with E-state index in [0.29, 0.717) is 25.4 Å². The van der Waals surface area contributed by atoms with Crippen molar-refractivity contribution in [3.8, 4) is 0 Å². The lowest BCUT2D eigenvalue weighted by atomic mass is 10.1. The van der Waals surface area contributed by atoms with Gasteiger partial charge in [0.25, 0.3) is 5.91 Å². The molecule has 0 aliphatic rings. The fourth-order valence-corrected chi connectivity index (χ4v) is 2.76. The van der Waals surface area contributed by atoms with E-state index in [-0.39, 0.29) is 10.7 Å². The molecule has 1 atom stereocenters. The number of rotatable bonds is 8. The molecule has 8 heteroatoms. The number of hydrogen-bond donors (Lipinski definition) is 1. The van der Waals surface area contributed by atoms with Gasteiger partial charge < -0.3 is 14.8 Å². The maximum Gasteiger partial charge on any atom is 0.343 e. The summed E-state index contributed by atoms with van der Waals surface area (Å²) in [6.07, 6.45) is -0.953. The van der Waals surface area contributed by atoms with Crippen LogP contribution in [0, 0.1) is 13.8 Å². The average molecular weight is 394 g/mol. The van der Waals surface area contributed by atoms with Crippen molar-refractivity contribution in [1.82, 2.24) is 15.1 Å². The lowest BCUT2D eigenvalue weighted by Crippen LogP contribution is -2.37. The highest BCUT2D eigenvalue weighted by molar-refractivity contribution is 6.32. The summed E-state index contributed by atoms with van der Waals surface area (Å²) in [4.78, 5) is 24.4. The molecule has 1 aromatic carbocycles. The zero-order valence-corrected chi connectivity index (χ0v) is 16.7. The number of aryl methyl sites for hydroxylation is 2. The molecule has 0 radical (unpaired) electrons. The third-order valence-electron chi connectivity index (χ3n) is 3.98. The van der Waals surface area contributed by atoms with E-state index in [4.69, 9.17) is 21.1 Å². The number of carbonyl (C=O) groups is 2. The Bertz CT molecular complexity index is 802. The minimum absolute atomic E-state index is 0.167. The second kappa shape index (κ2) is 9.53. The first-order chi connectivity index (χ1) is 12.8. The Balaban J connectivity index is 2.07. The van der Waals surface area contributed by atoms with Crippen molar-refractivity contribution >= 4 is 23.5 Å². The van der Waals surface area contributed by atoms with Crippen molar-refractivity contribution < 1.29 is 19.1 Å². The van der Waals surface area contributed by atoms with Crippen molar-refractivity contribution in [1.29, 1.82) is 0 Å². The molecule has 2 rings (SSSR count). The van der Waals surface area contributed by atoms with Gasteiger partial charge in [0.15, 0.2) is 6.10 Å². The molecular formula is C19H24ClN3O4. The molecule has 2 aromatic rings. The van der Waals surface area contributed by atoms with E-state index in [2.05, 4.69) is 10.4 Å². The third-order valence-corrected chi connectivity index (χ3v) is 4.37. The van der Waals surface area contributed by atoms with Crippen molar-refractivity contribution in [2.45, 2.75) is 33.4 Å². The van der Waals surface area contributed by atoms with E-state index in [1.807, 2.05) is 31.2 Å². The summed E-state index contributed by atoms with van der Waals surface area (Å²) in [5, 5.41) is 7.13. The maximum atomic E-state index is 12.5. The molecule has 27 heavy (non-hydrogen) atoms. The molecule has 0 saturated heterocycles. The molecule has 0 fully saturated rings. The van der Waals surface area contributed by atoms with E-state index >= 15 is 0 Å². The van der Waals surface area contributed by atoms with Crippen LogP contribution in [0.15, 0.2) is 24.3 Å². The molecule has 0 aliphatic carbocycles. The number of amides is 1. The average Bonchev–Trinajstić information content (AvgIpc) is 2.90. The number of benzene rings is 1. The van der Waals surface area contributed by atoms with Gasteiger partial charge in [-0.1, -0.05) is 41.4 Å². The number of hydrogen-bond acceptors (Lipinski definition) is 5. The summed E-state index contributed by atoms with van der Waals surface area (Å²) in [7, 11) is 1.54. The molecule has 1 N–H and O–H groups in total. The molecular weight excluding hydrogens is 370 g/mol. The quantitative estimate of drug-likeness (QED) is 0.550. The van der Waals surface area contributed by atoms with Gasteiger partial charge in [-0.15, -0.1) is 0 Å². The smallest absolute Gasteiger partial charge is 0.343 e. The Kier molecular flexibility index (Phi) is 7.38. The molecule has 0 unspecified atom stereocenters. The highest BCUT2D eigenvalue weighted by Crippen LogP contribution is 2.22. The van der Waals surface area contributed by atoms with Crippen LogP contribution in [0.2, 0.25) is 5.15 Å². The van der Waals surface area contributed by atoms with Gasteiger partial charge in [0, 0.05) is 13.7 Å². The molecule has 0 saturated carbocycles. The molecule has 146 valence electrons. The zero-order chi connectivity index (χ0) is 20.0. The second-order valence-corrected chi connectivity index (χ2v) is 6.58. The highest BCUT2D eigenvalue weighted by atomic mass is 35.5. The van der Waals surface area contributed by atoms with Gasteiger partial charge in [-0.3, -0.25) is 4.79 Å². The summed E-state index contributed by atoms with van der Waals surface area (Å²) in [6, 6.07) is 7.96. The van der Waals surface area contributed by atoms with Gasteiger partial charge in [-0.05, 0) is 26.3 Å². The van der Waals surface area contributed by atoms with Gasteiger partial charge in [0.1, 0.15) is 10.7 Å². The van der Waals surface area contributed by atoms with Crippen LogP contribution in [0.4, 0.5) is 0 Å². The molecule has 1 amide bonds. The maximum absolute atomic E-state index is 12.5. The molecule has 1 aromatic heterocycles. The number of halogens is 1. The predicted octanol–water partition coefficient (Wildman–Crippen LogP) is 2.51. The van der Waals surface area contributed by atoms with Gasteiger partial charge in [-0.25, -0.2) is 9.48 Å². The zero-order valence-electron chi connectivity index (χ0n) is 15.9. The Morgan fingerprint density at radius 1 is 1.26 bits per heavy atom. The monoisotopic (exact) mass is 393 g/mol. The van der Waals surface area contributed by atoms with Crippen molar-refractivity contribution in [3.05, 3.63) is 51.8 Å². The fraction of sp³-hybridized carbons (Fsp3) is 0.421. The van der Waals surface area contributed by atoms with Crippen LogP contribution in [-0.2, 0) is 20.8 Å². The van der Waals surface area contributed by atoms with Crippen LogP contribution in [0.5, 0.6) is 0 Å². The Morgan fingerprint density at radius 3 is 2.56 bits per heavy atom. The lowest BCUT2D eigenvalue weighted by molar-refractivity contribution is -0.129. The minimum atomic E-state index is -0.953. The Hall–Kier alpha value is -2.38.